The van der Waals surface area contributed by atoms with Crippen molar-refractivity contribution in [3.63, 3.8) is 0 Å². The fourth-order valence-corrected chi connectivity index (χ4v) is 2.38. The first-order valence-corrected chi connectivity index (χ1v) is 6.28. The molecule has 1 aromatic carbocycles. The van der Waals surface area contributed by atoms with Crippen LogP contribution in [0.2, 0.25) is 0 Å². The average Bonchev–Trinajstić information content (AvgIpc) is 2.84. The van der Waals surface area contributed by atoms with E-state index in [1.54, 1.807) is 30.0 Å². The smallest absolute Gasteiger partial charge is 0.335 e. The summed E-state index contributed by atoms with van der Waals surface area (Å²) in [5.74, 6) is 1.73. The first-order chi connectivity index (χ1) is 9.56. The lowest BCUT2D eigenvalue weighted by atomic mass is 9.95. The second kappa shape index (κ2) is 4.53. The molecule has 0 bridgehead atoms. The first-order valence-electron chi connectivity index (χ1n) is 6.28. The van der Waals surface area contributed by atoms with E-state index in [1.165, 1.54) is 6.07 Å². The van der Waals surface area contributed by atoms with Crippen LogP contribution in [0.5, 0.6) is 0 Å². The van der Waals surface area contributed by atoms with E-state index < -0.39 is 5.97 Å². The molecule has 0 aromatic heterocycles. The lowest BCUT2D eigenvalue weighted by Crippen LogP contribution is -2.30. The number of nitrogens with zero attached hydrogens (tertiary/aromatic N) is 1. The van der Waals surface area contributed by atoms with Gasteiger partial charge in [0, 0.05) is 11.6 Å². The zero-order valence-corrected chi connectivity index (χ0v) is 10.9. The second-order valence-corrected chi connectivity index (χ2v) is 4.86. The highest BCUT2D eigenvalue weighted by atomic mass is 19.1. The Balaban J connectivity index is 1.91. The highest BCUT2D eigenvalue weighted by Crippen LogP contribution is 2.30. The highest BCUT2D eigenvalue weighted by Gasteiger charge is 2.28. The SMILES string of the molecule is Cc1ccc(N2C#CC3=CC(C(=O)O)=CCC32)cc1F. The Morgan fingerprint density at radius 3 is 3.00 bits per heavy atom. The third kappa shape index (κ3) is 1.97. The summed E-state index contributed by atoms with van der Waals surface area (Å²) in [6.07, 6.45) is 3.81. The number of anilines is 1. The van der Waals surface area contributed by atoms with Gasteiger partial charge in [-0.3, -0.25) is 4.90 Å². The molecule has 1 aromatic rings. The van der Waals surface area contributed by atoms with Gasteiger partial charge < -0.3 is 5.11 Å². The first kappa shape index (κ1) is 12.5. The van der Waals surface area contributed by atoms with Crippen LogP contribution in [0.4, 0.5) is 10.1 Å². The van der Waals surface area contributed by atoms with Crippen molar-refractivity contribution in [3.05, 3.63) is 52.9 Å². The minimum Gasteiger partial charge on any atom is -0.478 e. The summed E-state index contributed by atoms with van der Waals surface area (Å²) in [6, 6.07) is 7.89. The van der Waals surface area contributed by atoms with Gasteiger partial charge in [-0.2, -0.15) is 0 Å². The predicted molar refractivity (Wildman–Crippen MR) is 73.6 cm³/mol. The van der Waals surface area contributed by atoms with Gasteiger partial charge in [0.25, 0.3) is 0 Å². The van der Waals surface area contributed by atoms with Crippen molar-refractivity contribution in [2.45, 2.75) is 19.4 Å². The molecule has 1 atom stereocenters. The molecule has 1 heterocycles. The maximum absolute atomic E-state index is 13.6. The van der Waals surface area contributed by atoms with Crippen LogP contribution < -0.4 is 4.90 Å². The van der Waals surface area contributed by atoms with Crippen LogP contribution in [0.25, 0.3) is 0 Å². The van der Waals surface area contributed by atoms with E-state index >= 15 is 0 Å². The van der Waals surface area contributed by atoms with E-state index in [2.05, 4.69) is 12.0 Å². The monoisotopic (exact) mass is 269 g/mol. The van der Waals surface area contributed by atoms with Gasteiger partial charge in [0.2, 0.25) is 0 Å². The van der Waals surface area contributed by atoms with Crippen molar-refractivity contribution in [2.24, 2.45) is 0 Å². The standard InChI is InChI=1S/C16H12FNO2/c1-10-2-4-13(9-14(10)17)18-7-6-11-8-12(16(19)20)3-5-15(11)18/h2-4,8-9,15H,5H2,1H3,(H,19,20). The Morgan fingerprint density at radius 2 is 2.30 bits per heavy atom. The summed E-state index contributed by atoms with van der Waals surface area (Å²) in [6.45, 7) is 1.71. The molecule has 100 valence electrons. The minimum absolute atomic E-state index is 0.0554. The molecule has 3 nitrogen and oxygen atoms in total. The molecule has 4 heteroatoms. The third-order valence-electron chi connectivity index (χ3n) is 3.54. The lowest BCUT2D eigenvalue weighted by molar-refractivity contribution is -0.132. The molecule has 0 radical (unpaired) electrons. The van der Waals surface area contributed by atoms with E-state index in [0.29, 0.717) is 17.7 Å². The number of carboxylic acids is 1. The summed E-state index contributed by atoms with van der Waals surface area (Å²) >= 11 is 0. The molecule has 0 saturated carbocycles. The number of fused-ring (bicyclic) bond motifs is 1. The molecular formula is C16H12FNO2. The van der Waals surface area contributed by atoms with Gasteiger partial charge in [-0.1, -0.05) is 12.1 Å². The molecule has 1 unspecified atom stereocenters. The van der Waals surface area contributed by atoms with Gasteiger partial charge in [0.1, 0.15) is 5.82 Å². The molecule has 1 aliphatic heterocycles. The van der Waals surface area contributed by atoms with Gasteiger partial charge in [0.05, 0.1) is 17.3 Å². The molecule has 2 aliphatic rings. The van der Waals surface area contributed by atoms with Crippen LogP contribution in [0.1, 0.15) is 12.0 Å². The summed E-state index contributed by atoms with van der Waals surface area (Å²) in [4.78, 5) is 12.7. The molecule has 0 fully saturated rings. The van der Waals surface area contributed by atoms with Crippen LogP contribution in [0.15, 0.2) is 41.5 Å². The van der Waals surface area contributed by atoms with Crippen LogP contribution in [-0.4, -0.2) is 17.1 Å². The van der Waals surface area contributed by atoms with E-state index in [0.717, 1.165) is 5.57 Å². The molecule has 3 rings (SSSR count). The van der Waals surface area contributed by atoms with Gasteiger partial charge in [0.15, 0.2) is 0 Å². The van der Waals surface area contributed by atoms with E-state index in [4.69, 9.17) is 5.11 Å². The summed E-state index contributed by atoms with van der Waals surface area (Å²) in [5, 5.41) is 8.98. The Bertz CT molecular complexity index is 722. The zero-order chi connectivity index (χ0) is 14.3. The molecule has 1 N–H and O–H groups in total. The fraction of sp³-hybridized carbons (Fsp3) is 0.188. The maximum atomic E-state index is 13.6. The molecule has 1 aliphatic carbocycles. The van der Waals surface area contributed by atoms with Crippen molar-refractivity contribution in [1.29, 1.82) is 0 Å². The number of carbonyl (C=O) groups is 1. The number of hydrogen-bond donors (Lipinski definition) is 1. The zero-order valence-electron chi connectivity index (χ0n) is 10.9. The second-order valence-electron chi connectivity index (χ2n) is 4.86. The number of aliphatic carboxylic acids is 1. The van der Waals surface area contributed by atoms with Crippen LogP contribution in [-0.2, 0) is 4.79 Å². The van der Waals surface area contributed by atoms with Crippen LogP contribution >= 0.6 is 0 Å². The van der Waals surface area contributed by atoms with Crippen LogP contribution in [0, 0.1) is 24.7 Å². The topological polar surface area (TPSA) is 40.5 Å². The quantitative estimate of drug-likeness (QED) is 0.839. The van der Waals surface area contributed by atoms with Crippen LogP contribution in [0.3, 0.4) is 0 Å². The molecule has 0 amide bonds. The predicted octanol–water partition coefficient (Wildman–Crippen LogP) is 2.62. The largest absolute Gasteiger partial charge is 0.478 e. The average molecular weight is 269 g/mol. The van der Waals surface area contributed by atoms with Gasteiger partial charge in [-0.05, 0) is 43.0 Å². The Hall–Kier alpha value is -2.54. The van der Waals surface area contributed by atoms with Crippen molar-refractivity contribution >= 4 is 11.7 Å². The van der Waals surface area contributed by atoms with E-state index in [1.807, 2.05) is 6.07 Å². The normalized spacial score (nSPS) is 19.7. The lowest BCUT2D eigenvalue weighted by Gasteiger charge is -2.26. The number of rotatable bonds is 2. The van der Waals surface area contributed by atoms with Gasteiger partial charge in [-0.15, -0.1) is 0 Å². The fourth-order valence-electron chi connectivity index (χ4n) is 2.38. The number of carboxylic acid groups (broad SMARTS) is 1. The van der Waals surface area contributed by atoms with Gasteiger partial charge in [-0.25, -0.2) is 9.18 Å². The van der Waals surface area contributed by atoms with Gasteiger partial charge >= 0.3 is 5.97 Å². The summed E-state index contributed by atoms with van der Waals surface area (Å²) in [7, 11) is 0. The summed E-state index contributed by atoms with van der Waals surface area (Å²) < 4.78 is 13.6. The third-order valence-corrected chi connectivity index (χ3v) is 3.54. The Kier molecular flexibility index (Phi) is 2.83. The molecule has 0 spiro atoms. The Morgan fingerprint density at radius 1 is 1.50 bits per heavy atom. The van der Waals surface area contributed by atoms with Crippen molar-refractivity contribution in [1.82, 2.24) is 0 Å². The van der Waals surface area contributed by atoms with E-state index in [-0.39, 0.29) is 17.4 Å². The van der Waals surface area contributed by atoms with Crippen molar-refractivity contribution in [3.8, 4) is 12.0 Å². The van der Waals surface area contributed by atoms with Crippen molar-refractivity contribution in [2.75, 3.05) is 4.90 Å². The highest BCUT2D eigenvalue weighted by molar-refractivity contribution is 5.91. The summed E-state index contributed by atoms with van der Waals surface area (Å²) in [5.41, 5.74) is 2.32. The van der Waals surface area contributed by atoms with E-state index in [9.17, 15) is 9.18 Å². The van der Waals surface area contributed by atoms with Crippen molar-refractivity contribution < 1.29 is 14.3 Å². The minimum atomic E-state index is -0.947. The number of halogens is 1. The number of benzene rings is 1. The number of aryl methyl sites for hydroxylation is 1. The maximum Gasteiger partial charge on any atom is 0.335 e. The molecule has 0 saturated heterocycles. The Labute approximate surface area is 116 Å². The number of hydrogen-bond acceptors (Lipinski definition) is 2. The molecular weight excluding hydrogens is 257 g/mol. The molecule has 20 heavy (non-hydrogen) atoms.